The van der Waals surface area contributed by atoms with Gasteiger partial charge in [0.25, 0.3) is 0 Å². The zero-order chi connectivity index (χ0) is 19.8. The predicted octanol–water partition coefficient (Wildman–Crippen LogP) is 4.89. The Kier molecular flexibility index (Phi) is 5.05. The van der Waals surface area contributed by atoms with Crippen molar-refractivity contribution < 1.29 is 18.3 Å². The van der Waals surface area contributed by atoms with Crippen molar-refractivity contribution in [2.24, 2.45) is 0 Å². The lowest BCUT2D eigenvalue weighted by molar-refractivity contribution is 0.0782. The van der Waals surface area contributed by atoms with Crippen molar-refractivity contribution in [3.63, 3.8) is 0 Å². The number of hydrogen-bond acceptors (Lipinski definition) is 6. The average Bonchev–Trinajstić information content (AvgIpc) is 3.08. The van der Waals surface area contributed by atoms with Crippen LogP contribution in [0, 0.1) is 11.6 Å². The summed E-state index contributed by atoms with van der Waals surface area (Å²) >= 11 is 1.44. The van der Waals surface area contributed by atoms with Crippen molar-refractivity contribution in [2.75, 3.05) is 18.5 Å². The Labute approximate surface area is 171 Å². The van der Waals surface area contributed by atoms with E-state index < -0.39 is 0 Å². The molecule has 5 rings (SSSR count). The highest BCUT2D eigenvalue weighted by molar-refractivity contribution is 7.22. The Bertz CT molecular complexity index is 1020. The molecule has 0 unspecified atom stereocenters. The maximum atomic E-state index is 14.5. The van der Waals surface area contributed by atoms with Crippen LogP contribution in [0.15, 0.2) is 30.5 Å². The Hall–Kier alpha value is -2.32. The van der Waals surface area contributed by atoms with Crippen LogP contribution >= 0.6 is 11.3 Å². The number of rotatable bonds is 5. The molecule has 0 radical (unpaired) electrons. The molecule has 1 N–H and O–H groups in total. The van der Waals surface area contributed by atoms with Gasteiger partial charge in [-0.2, -0.15) is 0 Å². The van der Waals surface area contributed by atoms with Gasteiger partial charge in [-0.05, 0) is 43.0 Å². The van der Waals surface area contributed by atoms with Crippen LogP contribution in [0.3, 0.4) is 0 Å². The van der Waals surface area contributed by atoms with Crippen LogP contribution < -0.4 is 10.1 Å². The van der Waals surface area contributed by atoms with E-state index >= 15 is 0 Å². The Morgan fingerprint density at radius 2 is 1.97 bits per heavy atom. The van der Waals surface area contributed by atoms with Crippen LogP contribution in [0.5, 0.6) is 5.88 Å². The third-order valence-electron chi connectivity index (χ3n) is 5.58. The molecule has 0 bridgehead atoms. The van der Waals surface area contributed by atoms with Crippen LogP contribution in [0.25, 0.3) is 10.2 Å². The van der Waals surface area contributed by atoms with E-state index in [4.69, 9.17) is 9.47 Å². The number of halogens is 2. The zero-order valence-corrected chi connectivity index (χ0v) is 16.6. The van der Waals surface area contributed by atoms with Crippen LogP contribution in [0.2, 0.25) is 0 Å². The molecule has 5 nitrogen and oxygen atoms in total. The number of fused-ring (bicyclic) bond motifs is 1. The molecule has 1 aliphatic carbocycles. The summed E-state index contributed by atoms with van der Waals surface area (Å²) in [4.78, 5) is 8.81. The zero-order valence-electron chi connectivity index (χ0n) is 15.7. The Balaban J connectivity index is 1.22. The number of hydrogen-bond donors (Lipinski definition) is 1. The van der Waals surface area contributed by atoms with Crippen molar-refractivity contribution in [3.05, 3.63) is 47.7 Å². The third-order valence-corrected chi connectivity index (χ3v) is 6.53. The van der Waals surface area contributed by atoms with Gasteiger partial charge in [0, 0.05) is 38.3 Å². The first-order chi connectivity index (χ1) is 14.2. The summed E-state index contributed by atoms with van der Waals surface area (Å²) < 4.78 is 40.1. The topological polar surface area (TPSA) is 56.3 Å². The smallest absolute Gasteiger partial charge is 0.220 e. The van der Waals surface area contributed by atoms with Crippen molar-refractivity contribution >= 4 is 26.7 Å². The van der Waals surface area contributed by atoms with E-state index in [2.05, 4.69) is 15.3 Å². The van der Waals surface area contributed by atoms with Gasteiger partial charge in [0.05, 0.1) is 15.8 Å². The van der Waals surface area contributed by atoms with Gasteiger partial charge >= 0.3 is 0 Å². The second-order valence-corrected chi connectivity index (χ2v) is 8.61. The first-order valence-corrected chi connectivity index (χ1v) is 10.7. The lowest BCUT2D eigenvalue weighted by atomic mass is 9.89. The lowest BCUT2D eigenvalue weighted by Gasteiger charge is -2.36. The molecule has 3 aromatic rings. The number of ether oxygens (including phenoxy) is 2. The van der Waals surface area contributed by atoms with Crippen LogP contribution in [-0.4, -0.2) is 35.3 Å². The van der Waals surface area contributed by atoms with E-state index in [1.54, 1.807) is 6.07 Å². The molecule has 2 fully saturated rings. The number of benzene rings is 1. The van der Waals surface area contributed by atoms with Crippen molar-refractivity contribution in [3.8, 4) is 5.88 Å². The highest BCUT2D eigenvalue weighted by atomic mass is 32.1. The first-order valence-electron chi connectivity index (χ1n) is 9.87. The van der Waals surface area contributed by atoms with E-state index in [1.807, 2.05) is 0 Å². The molecule has 0 spiro atoms. The van der Waals surface area contributed by atoms with E-state index in [1.165, 1.54) is 35.7 Å². The first kappa shape index (κ1) is 18.7. The summed E-state index contributed by atoms with van der Waals surface area (Å²) in [5, 5.41) is 4.16. The van der Waals surface area contributed by atoms with Gasteiger partial charge in [-0.1, -0.05) is 11.3 Å². The van der Waals surface area contributed by atoms with Crippen LogP contribution in [0.1, 0.15) is 37.2 Å². The summed E-state index contributed by atoms with van der Waals surface area (Å²) in [6, 6.07) is 6.23. The molecule has 0 atom stereocenters. The minimum absolute atomic E-state index is 0.00721. The highest BCUT2D eigenvalue weighted by Gasteiger charge is 2.34. The third kappa shape index (κ3) is 3.91. The van der Waals surface area contributed by atoms with Crippen molar-refractivity contribution in [1.82, 2.24) is 9.97 Å². The fourth-order valence-electron chi connectivity index (χ4n) is 3.95. The second-order valence-electron chi connectivity index (χ2n) is 7.58. The molecule has 2 aliphatic rings. The molecule has 1 aromatic carbocycles. The van der Waals surface area contributed by atoms with Gasteiger partial charge in [0.1, 0.15) is 17.7 Å². The number of pyridine rings is 1. The minimum Gasteiger partial charge on any atom is -0.474 e. The van der Waals surface area contributed by atoms with Crippen LogP contribution in [0.4, 0.5) is 13.9 Å². The molecule has 1 saturated heterocycles. The lowest BCUT2D eigenvalue weighted by Crippen LogP contribution is -2.42. The number of nitrogens with one attached hydrogen (secondary N) is 1. The summed E-state index contributed by atoms with van der Waals surface area (Å²) in [6.45, 7) is 1.28. The molecule has 8 heteroatoms. The summed E-state index contributed by atoms with van der Waals surface area (Å²) in [5.74, 6) is -0.00857. The van der Waals surface area contributed by atoms with Gasteiger partial charge in [0.15, 0.2) is 5.13 Å². The van der Waals surface area contributed by atoms with Crippen molar-refractivity contribution in [2.45, 2.75) is 43.7 Å². The number of thiazole rings is 1. The Morgan fingerprint density at radius 3 is 2.79 bits per heavy atom. The number of anilines is 1. The molecular formula is C21H21F2N3O2S. The standard InChI is InChI=1S/C21H21F2N3O2S/c22-13-1-2-17-18(9-13)29-21(26-17)25-14-10-15(11-14)28-20-19(16(23)3-6-24-20)12-4-7-27-8-5-12/h1-3,6,9,12,14-15H,4-5,7-8,10-11H2,(H,25,26)/t14-,15-. The highest BCUT2D eigenvalue weighted by Crippen LogP contribution is 2.37. The van der Waals surface area contributed by atoms with Crippen molar-refractivity contribution in [1.29, 1.82) is 0 Å². The largest absolute Gasteiger partial charge is 0.474 e. The molecular weight excluding hydrogens is 396 g/mol. The molecule has 29 heavy (non-hydrogen) atoms. The average molecular weight is 417 g/mol. The van der Waals surface area contributed by atoms with E-state index in [0.29, 0.717) is 24.7 Å². The second kappa shape index (κ2) is 7.84. The SMILES string of the molecule is Fc1ccc2nc(N[C@H]3C[C@H](Oc4nccc(F)c4C4CCOCC4)C3)sc2c1. The summed E-state index contributed by atoms with van der Waals surface area (Å²) in [7, 11) is 0. The van der Waals surface area contributed by atoms with E-state index in [9.17, 15) is 8.78 Å². The van der Waals surface area contributed by atoms with E-state index in [-0.39, 0.29) is 29.7 Å². The summed E-state index contributed by atoms with van der Waals surface area (Å²) in [5.41, 5.74) is 1.37. The quantitative estimate of drug-likeness (QED) is 0.641. The maximum Gasteiger partial charge on any atom is 0.220 e. The predicted molar refractivity (Wildman–Crippen MR) is 108 cm³/mol. The van der Waals surface area contributed by atoms with E-state index in [0.717, 1.165) is 41.0 Å². The fraction of sp³-hybridized carbons (Fsp3) is 0.429. The minimum atomic E-state index is -0.257. The van der Waals surface area contributed by atoms with Gasteiger partial charge in [0.2, 0.25) is 5.88 Å². The van der Waals surface area contributed by atoms with Gasteiger partial charge < -0.3 is 14.8 Å². The molecule has 1 aliphatic heterocycles. The summed E-state index contributed by atoms with van der Waals surface area (Å²) in [6.07, 6.45) is 4.60. The van der Waals surface area contributed by atoms with Crippen LogP contribution in [-0.2, 0) is 4.74 Å². The molecule has 3 heterocycles. The maximum absolute atomic E-state index is 14.5. The monoisotopic (exact) mass is 417 g/mol. The molecule has 2 aromatic heterocycles. The normalized spacial score (nSPS) is 22.4. The van der Waals surface area contributed by atoms with Gasteiger partial charge in [-0.25, -0.2) is 18.7 Å². The number of nitrogens with zero attached hydrogens (tertiary/aromatic N) is 2. The Morgan fingerprint density at radius 1 is 1.14 bits per heavy atom. The molecule has 1 saturated carbocycles. The molecule has 152 valence electrons. The fourth-order valence-corrected chi connectivity index (χ4v) is 4.92. The number of aromatic nitrogens is 2. The molecule has 0 amide bonds. The van der Waals surface area contributed by atoms with Gasteiger partial charge in [-0.3, -0.25) is 0 Å². The van der Waals surface area contributed by atoms with Gasteiger partial charge in [-0.15, -0.1) is 0 Å².